The van der Waals surface area contributed by atoms with Crippen LogP contribution in [0.1, 0.15) is 41.5 Å². The van der Waals surface area contributed by atoms with Gasteiger partial charge < -0.3 is 21.3 Å². The van der Waals surface area contributed by atoms with E-state index in [0.29, 0.717) is 16.8 Å². The molecule has 0 radical (unpaired) electrons. The zero-order valence-electron chi connectivity index (χ0n) is 15.6. The minimum absolute atomic E-state index is 0.000968. The van der Waals surface area contributed by atoms with E-state index >= 15 is 0 Å². The van der Waals surface area contributed by atoms with Crippen molar-refractivity contribution in [1.82, 2.24) is 14.8 Å². The number of benzene rings is 2. The fourth-order valence-electron chi connectivity index (χ4n) is 3.53. The molecule has 1 aliphatic heterocycles. The van der Waals surface area contributed by atoms with Gasteiger partial charge in [-0.05, 0) is 47.7 Å². The molecule has 0 spiro atoms. The van der Waals surface area contributed by atoms with E-state index in [0.717, 1.165) is 24.2 Å². The van der Waals surface area contributed by atoms with E-state index in [-0.39, 0.29) is 29.1 Å². The number of hydrogen-bond acceptors (Lipinski definition) is 6. The normalized spacial score (nSPS) is 12.8. The predicted octanol–water partition coefficient (Wildman–Crippen LogP) is 2.54. The second-order valence-corrected chi connectivity index (χ2v) is 7.15. The molecule has 4 rings (SSSR count). The number of phenols is 2. The van der Waals surface area contributed by atoms with E-state index in [1.165, 1.54) is 10.6 Å². The van der Waals surface area contributed by atoms with Crippen molar-refractivity contribution < 1.29 is 15.0 Å². The van der Waals surface area contributed by atoms with Crippen LogP contribution in [-0.2, 0) is 6.42 Å². The highest BCUT2D eigenvalue weighted by atomic mass is 16.3. The van der Waals surface area contributed by atoms with E-state index < -0.39 is 5.91 Å². The second-order valence-electron chi connectivity index (χ2n) is 7.15. The van der Waals surface area contributed by atoms with Gasteiger partial charge in [-0.15, -0.1) is 10.2 Å². The zero-order chi connectivity index (χ0) is 20.0. The maximum atomic E-state index is 12.0. The molecule has 0 atom stereocenters. The first-order valence-corrected chi connectivity index (χ1v) is 9.05. The van der Waals surface area contributed by atoms with Crippen LogP contribution in [0.15, 0.2) is 30.3 Å². The fraction of sp³-hybridized carbons (Fsp3) is 0.250. The van der Waals surface area contributed by atoms with Crippen LogP contribution in [0.4, 0.5) is 5.69 Å². The second kappa shape index (κ2) is 6.56. The highest BCUT2D eigenvalue weighted by Gasteiger charge is 2.24. The van der Waals surface area contributed by atoms with E-state index in [9.17, 15) is 15.0 Å². The van der Waals surface area contributed by atoms with Gasteiger partial charge in [-0.1, -0.05) is 13.8 Å². The lowest BCUT2D eigenvalue weighted by Crippen LogP contribution is -2.18. The van der Waals surface area contributed by atoms with Crippen LogP contribution in [0.3, 0.4) is 0 Å². The van der Waals surface area contributed by atoms with Crippen LogP contribution in [0.2, 0.25) is 0 Å². The summed E-state index contributed by atoms with van der Waals surface area (Å²) in [6.45, 7) is 4.72. The molecule has 0 fully saturated rings. The molecule has 0 saturated heterocycles. The third-order valence-corrected chi connectivity index (χ3v) is 4.95. The maximum absolute atomic E-state index is 12.0. The quantitative estimate of drug-likeness (QED) is 0.552. The minimum atomic E-state index is -0.722. The number of aromatic hydroxyl groups is 2. The third kappa shape index (κ3) is 2.83. The zero-order valence-corrected chi connectivity index (χ0v) is 15.6. The molecule has 0 saturated carbocycles. The number of carbonyl (C=O) groups is 1. The average molecular weight is 379 g/mol. The van der Waals surface area contributed by atoms with E-state index in [1.54, 1.807) is 6.07 Å². The fourth-order valence-corrected chi connectivity index (χ4v) is 3.53. The van der Waals surface area contributed by atoms with Crippen LogP contribution in [0.5, 0.6) is 11.5 Å². The summed E-state index contributed by atoms with van der Waals surface area (Å²) in [6, 6.07) is 8.67. The number of primary amides is 1. The number of rotatable bonds is 4. The first-order chi connectivity index (χ1) is 13.4. The van der Waals surface area contributed by atoms with Crippen molar-refractivity contribution in [2.24, 2.45) is 5.73 Å². The smallest absolute Gasteiger partial charge is 0.287 e. The average Bonchev–Trinajstić information content (AvgIpc) is 3.27. The Kier molecular flexibility index (Phi) is 4.18. The van der Waals surface area contributed by atoms with Gasteiger partial charge >= 0.3 is 0 Å². The van der Waals surface area contributed by atoms with Gasteiger partial charge in [-0.25, -0.2) is 0 Å². The molecule has 2 aromatic carbocycles. The number of nitrogens with two attached hydrogens (primary N) is 1. The summed E-state index contributed by atoms with van der Waals surface area (Å²) in [5.74, 6) is -0.605. The van der Waals surface area contributed by atoms with Gasteiger partial charge in [-0.3, -0.25) is 9.36 Å². The summed E-state index contributed by atoms with van der Waals surface area (Å²) in [5, 5.41) is 32.0. The molecule has 1 aromatic heterocycles. The highest BCUT2D eigenvalue weighted by molar-refractivity contribution is 5.91. The van der Waals surface area contributed by atoms with Crippen molar-refractivity contribution in [3.63, 3.8) is 0 Å². The van der Waals surface area contributed by atoms with Crippen LogP contribution in [0.25, 0.3) is 17.1 Å². The van der Waals surface area contributed by atoms with Gasteiger partial charge in [0.1, 0.15) is 11.5 Å². The monoisotopic (exact) mass is 379 g/mol. The molecule has 144 valence electrons. The van der Waals surface area contributed by atoms with E-state index in [4.69, 9.17) is 5.73 Å². The van der Waals surface area contributed by atoms with Crippen molar-refractivity contribution in [3.05, 3.63) is 47.3 Å². The highest BCUT2D eigenvalue weighted by Crippen LogP contribution is 2.38. The summed E-state index contributed by atoms with van der Waals surface area (Å²) in [5.41, 5.74) is 9.38. The first-order valence-electron chi connectivity index (χ1n) is 9.05. The topological polar surface area (TPSA) is 126 Å². The first kappa shape index (κ1) is 17.8. The van der Waals surface area contributed by atoms with Crippen LogP contribution in [-0.4, -0.2) is 37.4 Å². The number of nitrogens with zero attached hydrogens (tertiary/aromatic N) is 3. The lowest BCUT2D eigenvalue weighted by Gasteiger charge is -2.14. The van der Waals surface area contributed by atoms with Gasteiger partial charge in [-0.2, -0.15) is 0 Å². The van der Waals surface area contributed by atoms with Gasteiger partial charge in [0.05, 0.1) is 5.56 Å². The van der Waals surface area contributed by atoms with Crippen molar-refractivity contribution in [1.29, 1.82) is 0 Å². The number of hydrogen-bond donors (Lipinski definition) is 4. The molecule has 8 nitrogen and oxygen atoms in total. The van der Waals surface area contributed by atoms with Crippen molar-refractivity contribution in [3.8, 4) is 28.6 Å². The molecule has 0 unspecified atom stereocenters. The SMILES string of the molecule is CC(C)c1cc(-c2nnc(C(N)=O)n2-c2ccc3c(c2)CCN3)c(O)cc1O. The number of carbonyl (C=O) groups excluding carboxylic acids is 1. The molecule has 0 bridgehead atoms. The summed E-state index contributed by atoms with van der Waals surface area (Å²) in [4.78, 5) is 12.0. The van der Waals surface area contributed by atoms with Gasteiger partial charge in [0, 0.05) is 24.0 Å². The number of anilines is 1. The van der Waals surface area contributed by atoms with Crippen molar-refractivity contribution in [2.45, 2.75) is 26.2 Å². The molecular weight excluding hydrogens is 358 g/mol. The number of aromatic nitrogens is 3. The Morgan fingerprint density at radius 3 is 2.68 bits per heavy atom. The molecule has 28 heavy (non-hydrogen) atoms. The van der Waals surface area contributed by atoms with E-state index in [1.807, 2.05) is 32.0 Å². The van der Waals surface area contributed by atoms with Crippen molar-refractivity contribution in [2.75, 3.05) is 11.9 Å². The van der Waals surface area contributed by atoms with Crippen LogP contribution in [0, 0.1) is 0 Å². The molecule has 5 N–H and O–H groups in total. The van der Waals surface area contributed by atoms with Crippen LogP contribution < -0.4 is 11.1 Å². The minimum Gasteiger partial charge on any atom is -0.508 e. The molecule has 1 amide bonds. The number of fused-ring (bicyclic) bond motifs is 1. The molecule has 2 heterocycles. The lowest BCUT2D eigenvalue weighted by atomic mass is 9.98. The number of amides is 1. The Morgan fingerprint density at radius 2 is 1.96 bits per heavy atom. The Morgan fingerprint density at radius 1 is 1.18 bits per heavy atom. The van der Waals surface area contributed by atoms with Crippen molar-refractivity contribution >= 4 is 11.6 Å². The summed E-state index contributed by atoms with van der Waals surface area (Å²) in [6.07, 6.45) is 0.870. The third-order valence-electron chi connectivity index (χ3n) is 4.95. The summed E-state index contributed by atoms with van der Waals surface area (Å²) in [7, 11) is 0. The molecular formula is C20H21N5O3. The molecule has 8 heteroatoms. The van der Waals surface area contributed by atoms with Crippen LogP contribution >= 0.6 is 0 Å². The standard InChI is InChI=1S/C20H21N5O3/c1-10(2)13-8-14(17(27)9-16(13)26)19-23-24-20(18(21)28)25(19)12-3-4-15-11(7-12)5-6-22-15/h3-4,7-10,22,26-27H,5-6H2,1-2H3,(H2,21,28). The van der Waals surface area contributed by atoms with Gasteiger partial charge in [0.15, 0.2) is 5.82 Å². The number of nitrogens with one attached hydrogen (secondary N) is 1. The summed E-state index contributed by atoms with van der Waals surface area (Å²) >= 11 is 0. The molecule has 0 aliphatic carbocycles. The van der Waals surface area contributed by atoms with Gasteiger partial charge in [0.2, 0.25) is 5.82 Å². The number of phenolic OH excluding ortho intramolecular Hbond substituents is 2. The summed E-state index contributed by atoms with van der Waals surface area (Å²) < 4.78 is 1.54. The Balaban J connectivity index is 1.95. The predicted molar refractivity (Wildman–Crippen MR) is 105 cm³/mol. The Labute approximate surface area is 161 Å². The molecule has 1 aliphatic rings. The largest absolute Gasteiger partial charge is 0.508 e. The Bertz CT molecular complexity index is 1090. The maximum Gasteiger partial charge on any atom is 0.287 e. The Hall–Kier alpha value is -3.55. The molecule has 3 aromatic rings. The van der Waals surface area contributed by atoms with E-state index in [2.05, 4.69) is 15.5 Å². The lowest BCUT2D eigenvalue weighted by molar-refractivity contribution is 0.0988. The van der Waals surface area contributed by atoms with Gasteiger partial charge in [0.25, 0.3) is 5.91 Å².